The molecule has 2 N–H and O–H groups in total. The molecule has 3 aromatic rings. The molecule has 0 aliphatic heterocycles. The van der Waals surface area contributed by atoms with Crippen LogP contribution in [0.5, 0.6) is 0 Å². The zero-order chi connectivity index (χ0) is 17.9. The number of hydrogen-bond donors (Lipinski definition) is 2. The maximum absolute atomic E-state index is 13.2. The molecule has 2 aromatic carbocycles. The van der Waals surface area contributed by atoms with Gasteiger partial charge >= 0.3 is 0 Å². The number of nitrogens with zero attached hydrogens (tertiary/aromatic N) is 1. The lowest BCUT2D eigenvalue weighted by Crippen LogP contribution is -2.14. The Hall–Kier alpha value is -2.93. The van der Waals surface area contributed by atoms with Crippen LogP contribution in [-0.2, 0) is 10.0 Å². The zero-order valence-corrected chi connectivity index (χ0v) is 14.2. The van der Waals surface area contributed by atoms with E-state index in [1.165, 1.54) is 18.3 Å². The maximum Gasteiger partial charge on any atom is 0.262 e. The summed E-state index contributed by atoms with van der Waals surface area (Å²) in [5.41, 5.74) is 1.54. The van der Waals surface area contributed by atoms with Gasteiger partial charge in [-0.25, -0.2) is 17.8 Å². The van der Waals surface area contributed by atoms with Crippen molar-refractivity contribution in [3.8, 4) is 0 Å². The number of para-hydroxylation sites is 1. The molecule has 5 nitrogen and oxygen atoms in total. The van der Waals surface area contributed by atoms with Crippen molar-refractivity contribution in [1.29, 1.82) is 0 Å². The highest BCUT2D eigenvalue weighted by atomic mass is 32.2. The quantitative estimate of drug-likeness (QED) is 0.722. The predicted octanol–water partition coefficient (Wildman–Crippen LogP) is 4.07. The maximum atomic E-state index is 13.2. The van der Waals surface area contributed by atoms with Crippen molar-refractivity contribution < 1.29 is 12.8 Å². The van der Waals surface area contributed by atoms with Crippen LogP contribution in [0.3, 0.4) is 0 Å². The Labute approximate surface area is 145 Å². The van der Waals surface area contributed by atoms with Crippen LogP contribution in [0.25, 0.3) is 0 Å². The molecule has 0 saturated heterocycles. The molecule has 128 valence electrons. The first-order chi connectivity index (χ1) is 11.9. The van der Waals surface area contributed by atoms with Crippen LogP contribution in [-0.4, -0.2) is 13.4 Å². The third-order valence-corrected chi connectivity index (χ3v) is 5.03. The van der Waals surface area contributed by atoms with Crippen molar-refractivity contribution in [2.45, 2.75) is 11.8 Å². The van der Waals surface area contributed by atoms with Gasteiger partial charge in [0.05, 0.1) is 16.8 Å². The van der Waals surface area contributed by atoms with E-state index in [4.69, 9.17) is 0 Å². The molecule has 0 spiro atoms. The van der Waals surface area contributed by atoms with Gasteiger partial charge in [0.15, 0.2) is 0 Å². The molecule has 1 aromatic heterocycles. The van der Waals surface area contributed by atoms with Crippen LogP contribution in [0.15, 0.2) is 71.8 Å². The van der Waals surface area contributed by atoms with Crippen molar-refractivity contribution in [3.63, 3.8) is 0 Å². The Bertz CT molecular complexity index is 975. The van der Waals surface area contributed by atoms with Crippen molar-refractivity contribution in [2.24, 2.45) is 0 Å². The van der Waals surface area contributed by atoms with E-state index in [9.17, 15) is 12.8 Å². The number of benzene rings is 2. The van der Waals surface area contributed by atoms with Gasteiger partial charge in [0.1, 0.15) is 11.6 Å². The molecule has 0 atom stereocenters. The number of pyridine rings is 1. The molecule has 0 bridgehead atoms. The number of anilines is 3. The molecule has 1 heterocycles. The molecule has 25 heavy (non-hydrogen) atoms. The topological polar surface area (TPSA) is 71.1 Å². The lowest BCUT2D eigenvalue weighted by molar-refractivity contribution is 0.598. The highest BCUT2D eigenvalue weighted by Crippen LogP contribution is 2.21. The first-order valence-electron chi connectivity index (χ1n) is 7.51. The molecule has 0 radical (unpaired) electrons. The van der Waals surface area contributed by atoms with E-state index in [-0.39, 0.29) is 4.90 Å². The normalized spacial score (nSPS) is 11.1. The summed E-state index contributed by atoms with van der Waals surface area (Å²) in [5, 5.41) is 3.11. The molecule has 0 aliphatic rings. The van der Waals surface area contributed by atoms with Gasteiger partial charge in [-0.05, 0) is 55.0 Å². The third kappa shape index (κ3) is 4.13. The van der Waals surface area contributed by atoms with E-state index in [1.54, 1.807) is 19.1 Å². The Morgan fingerprint density at radius 1 is 0.960 bits per heavy atom. The Morgan fingerprint density at radius 2 is 1.72 bits per heavy atom. The van der Waals surface area contributed by atoms with E-state index in [0.717, 1.165) is 11.8 Å². The molecular formula is C18H16FN3O2S. The summed E-state index contributed by atoms with van der Waals surface area (Å²) >= 11 is 0. The smallest absolute Gasteiger partial charge is 0.262 e. The molecule has 7 heteroatoms. The van der Waals surface area contributed by atoms with Gasteiger partial charge in [-0.15, -0.1) is 0 Å². The number of halogens is 1. The van der Waals surface area contributed by atoms with E-state index >= 15 is 0 Å². The standard InChI is InChI=1S/C18H16FN3O2S/c1-13-11-14(19)7-9-17(13)25(23,24)22-16-8-10-18(20-12-16)21-15-5-3-2-4-6-15/h2-12,22H,1H3,(H,20,21). The van der Waals surface area contributed by atoms with Gasteiger partial charge in [-0.3, -0.25) is 4.72 Å². The van der Waals surface area contributed by atoms with Gasteiger partial charge in [0.2, 0.25) is 0 Å². The Kier molecular flexibility index (Phi) is 4.67. The summed E-state index contributed by atoms with van der Waals surface area (Å²) in [7, 11) is -3.81. The van der Waals surface area contributed by atoms with Crippen molar-refractivity contribution >= 4 is 27.2 Å². The highest BCUT2D eigenvalue weighted by Gasteiger charge is 2.17. The summed E-state index contributed by atoms with van der Waals surface area (Å²) in [4.78, 5) is 4.22. The lowest BCUT2D eigenvalue weighted by atomic mass is 10.2. The van der Waals surface area contributed by atoms with Gasteiger partial charge in [0.25, 0.3) is 10.0 Å². The van der Waals surface area contributed by atoms with Gasteiger partial charge in [0, 0.05) is 5.69 Å². The second kappa shape index (κ2) is 6.90. The minimum atomic E-state index is -3.81. The van der Waals surface area contributed by atoms with Gasteiger partial charge in [-0.2, -0.15) is 0 Å². The first kappa shape index (κ1) is 16.9. The Balaban J connectivity index is 1.76. The average Bonchev–Trinajstić information content (AvgIpc) is 2.57. The number of nitrogens with one attached hydrogen (secondary N) is 2. The number of rotatable bonds is 5. The second-order valence-electron chi connectivity index (χ2n) is 5.44. The largest absolute Gasteiger partial charge is 0.340 e. The average molecular weight is 357 g/mol. The van der Waals surface area contributed by atoms with Crippen molar-refractivity contribution in [2.75, 3.05) is 10.0 Å². The molecule has 0 unspecified atom stereocenters. The summed E-state index contributed by atoms with van der Waals surface area (Å²) < 4.78 is 40.5. The SMILES string of the molecule is Cc1cc(F)ccc1S(=O)(=O)Nc1ccc(Nc2ccccc2)nc1. The monoisotopic (exact) mass is 357 g/mol. The minimum Gasteiger partial charge on any atom is -0.340 e. The molecule has 0 saturated carbocycles. The molecule has 0 fully saturated rings. The molecular weight excluding hydrogens is 341 g/mol. The second-order valence-corrected chi connectivity index (χ2v) is 7.09. The van der Waals surface area contributed by atoms with Crippen LogP contribution in [0.1, 0.15) is 5.56 Å². The van der Waals surface area contributed by atoms with E-state index in [2.05, 4.69) is 15.0 Å². The van der Waals surface area contributed by atoms with Crippen LogP contribution in [0, 0.1) is 12.7 Å². The first-order valence-corrected chi connectivity index (χ1v) is 8.99. The molecule has 3 rings (SSSR count). The van der Waals surface area contributed by atoms with E-state index < -0.39 is 15.8 Å². The molecule has 0 amide bonds. The summed E-state index contributed by atoms with van der Waals surface area (Å²) in [5.74, 6) is 0.113. The predicted molar refractivity (Wildman–Crippen MR) is 95.9 cm³/mol. The summed E-state index contributed by atoms with van der Waals surface area (Å²) in [6.07, 6.45) is 1.42. The summed E-state index contributed by atoms with van der Waals surface area (Å²) in [6, 6.07) is 16.3. The minimum absolute atomic E-state index is 0.0281. The Morgan fingerprint density at radius 3 is 2.36 bits per heavy atom. The zero-order valence-electron chi connectivity index (χ0n) is 13.4. The van der Waals surface area contributed by atoms with Crippen molar-refractivity contribution in [1.82, 2.24) is 4.98 Å². The van der Waals surface area contributed by atoms with Crippen LogP contribution < -0.4 is 10.0 Å². The highest BCUT2D eigenvalue weighted by molar-refractivity contribution is 7.92. The summed E-state index contributed by atoms with van der Waals surface area (Å²) in [6.45, 7) is 1.54. The molecule has 0 aliphatic carbocycles. The number of aryl methyl sites for hydroxylation is 1. The fourth-order valence-electron chi connectivity index (χ4n) is 2.32. The third-order valence-electron chi connectivity index (χ3n) is 3.49. The number of aromatic nitrogens is 1. The van der Waals surface area contributed by atoms with Gasteiger partial charge in [-0.1, -0.05) is 18.2 Å². The van der Waals surface area contributed by atoms with E-state index in [0.29, 0.717) is 17.1 Å². The lowest BCUT2D eigenvalue weighted by Gasteiger charge is -2.11. The number of sulfonamides is 1. The number of hydrogen-bond acceptors (Lipinski definition) is 4. The van der Waals surface area contributed by atoms with Gasteiger partial charge < -0.3 is 5.32 Å². The van der Waals surface area contributed by atoms with Crippen LogP contribution >= 0.6 is 0 Å². The fourth-order valence-corrected chi connectivity index (χ4v) is 3.59. The van der Waals surface area contributed by atoms with Crippen LogP contribution in [0.2, 0.25) is 0 Å². The van der Waals surface area contributed by atoms with Crippen molar-refractivity contribution in [3.05, 3.63) is 78.2 Å². The fraction of sp³-hybridized carbons (Fsp3) is 0.0556. The van der Waals surface area contributed by atoms with E-state index in [1.807, 2.05) is 30.3 Å². The van der Waals surface area contributed by atoms with Crippen LogP contribution in [0.4, 0.5) is 21.6 Å².